The Morgan fingerprint density at radius 3 is 2.48 bits per heavy atom. The summed E-state index contributed by atoms with van der Waals surface area (Å²) >= 11 is 0. The molecule has 0 atom stereocenters. The SMILES string of the molecule is COc1cc([N+](=O)[O-])ccc1Oc1nc(F)c(F)cc1F. The fourth-order valence-electron chi connectivity index (χ4n) is 1.46. The lowest BCUT2D eigenvalue weighted by molar-refractivity contribution is -0.384. The average Bonchev–Trinajstić information content (AvgIpc) is 2.44. The monoisotopic (exact) mass is 300 g/mol. The van der Waals surface area contributed by atoms with Crippen molar-refractivity contribution in [3.63, 3.8) is 0 Å². The second-order valence-electron chi connectivity index (χ2n) is 3.74. The van der Waals surface area contributed by atoms with Gasteiger partial charge in [-0.2, -0.15) is 9.37 Å². The number of nitrogens with zero attached hydrogens (tertiary/aromatic N) is 2. The van der Waals surface area contributed by atoms with Gasteiger partial charge in [-0.15, -0.1) is 0 Å². The summed E-state index contributed by atoms with van der Waals surface area (Å²) in [6, 6.07) is 3.51. The zero-order chi connectivity index (χ0) is 15.6. The van der Waals surface area contributed by atoms with Crippen LogP contribution in [0.3, 0.4) is 0 Å². The van der Waals surface area contributed by atoms with E-state index in [4.69, 9.17) is 9.47 Å². The molecule has 2 rings (SSSR count). The van der Waals surface area contributed by atoms with Crippen molar-refractivity contribution in [3.8, 4) is 17.4 Å². The topological polar surface area (TPSA) is 74.5 Å². The van der Waals surface area contributed by atoms with Crippen LogP contribution in [0.15, 0.2) is 24.3 Å². The van der Waals surface area contributed by atoms with E-state index in [1.807, 2.05) is 0 Å². The smallest absolute Gasteiger partial charge is 0.273 e. The summed E-state index contributed by atoms with van der Waals surface area (Å²) in [7, 11) is 1.21. The molecule has 0 aliphatic heterocycles. The average molecular weight is 300 g/mol. The number of halogens is 3. The highest BCUT2D eigenvalue weighted by Gasteiger charge is 2.17. The molecule has 9 heteroatoms. The van der Waals surface area contributed by atoms with Crippen LogP contribution in [0.25, 0.3) is 0 Å². The number of hydrogen-bond acceptors (Lipinski definition) is 5. The summed E-state index contributed by atoms with van der Waals surface area (Å²) in [6.45, 7) is 0. The Labute approximate surface area is 115 Å². The van der Waals surface area contributed by atoms with Crippen LogP contribution < -0.4 is 9.47 Å². The summed E-state index contributed by atoms with van der Waals surface area (Å²) < 4.78 is 48.9. The minimum absolute atomic E-state index is 0.0878. The summed E-state index contributed by atoms with van der Waals surface area (Å²) in [5.41, 5.74) is -0.280. The number of aromatic nitrogens is 1. The first-order valence-corrected chi connectivity index (χ1v) is 5.44. The first-order chi connectivity index (χ1) is 9.92. The molecule has 1 heterocycles. The van der Waals surface area contributed by atoms with E-state index in [2.05, 4.69) is 4.98 Å². The zero-order valence-corrected chi connectivity index (χ0v) is 10.5. The summed E-state index contributed by atoms with van der Waals surface area (Å²) in [6.07, 6.45) is 0. The molecule has 0 spiro atoms. The van der Waals surface area contributed by atoms with E-state index in [1.165, 1.54) is 7.11 Å². The van der Waals surface area contributed by atoms with Crippen LogP contribution in [0.1, 0.15) is 0 Å². The fourth-order valence-corrected chi connectivity index (χ4v) is 1.46. The van der Waals surface area contributed by atoms with Crippen LogP contribution in [-0.4, -0.2) is 17.0 Å². The van der Waals surface area contributed by atoms with Crippen LogP contribution in [0, 0.1) is 27.7 Å². The van der Waals surface area contributed by atoms with Gasteiger partial charge < -0.3 is 9.47 Å². The second kappa shape index (κ2) is 5.65. The summed E-state index contributed by atoms with van der Waals surface area (Å²) in [5, 5.41) is 10.6. The third-order valence-electron chi connectivity index (χ3n) is 2.42. The lowest BCUT2D eigenvalue weighted by Gasteiger charge is -2.10. The van der Waals surface area contributed by atoms with Crippen molar-refractivity contribution in [2.45, 2.75) is 0 Å². The normalized spacial score (nSPS) is 10.3. The number of nitro groups is 1. The molecule has 0 unspecified atom stereocenters. The summed E-state index contributed by atoms with van der Waals surface area (Å²) in [4.78, 5) is 12.9. The van der Waals surface area contributed by atoms with E-state index < -0.39 is 28.4 Å². The van der Waals surface area contributed by atoms with Crippen molar-refractivity contribution < 1.29 is 27.6 Å². The number of hydrogen-bond donors (Lipinski definition) is 0. The van der Waals surface area contributed by atoms with Crippen molar-refractivity contribution in [1.82, 2.24) is 4.98 Å². The van der Waals surface area contributed by atoms with Crippen molar-refractivity contribution in [3.05, 3.63) is 52.0 Å². The lowest BCUT2D eigenvalue weighted by atomic mass is 10.3. The quantitative estimate of drug-likeness (QED) is 0.492. The predicted molar refractivity (Wildman–Crippen MR) is 63.8 cm³/mol. The Bertz CT molecular complexity index is 709. The Balaban J connectivity index is 2.40. The maximum Gasteiger partial charge on any atom is 0.273 e. The van der Waals surface area contributed by atoms with E-state index >= 15 is 0 Å². The van der Waals surface area contributed by atoms with Crippen LogP contribution in [0.5, 0.6) is 17.4 Å². The molecule has 0 aliphatic carbocycles. The molecular weight excluding hydrogens is 293 g/mol. The minimum Gasteiger partial charge on any atom is -0.493 e. The van der Waals surface area contributed by atoms with Crippen molar-refractivity contribution in [1.29, 1.82) is 0 Å². The molecule has 1 aromatic heterocycles. The van der Waals surface area contributed by atoms with E-state index in [0.29, 0.717) is 0 Å². The molecule has 1 aromatic carbocycles. The zero-order valence-electron chi connectivity index (χ0n) is 10.5. The molecule has 0 amide bonds. The Kier molecular flexibility index (Phi) is 3.92. The van der Waals surface area contributed by atoms with E-state index in [0.717, 1.165) is 18.2 Å². The number of ether oxygens (including phenoxy) is 2. The van der Waals surface area contributed by atoms with Crippen molar-refractivity contribution in [2.24, 2.45) is 0 Å². The largest absolute Gasteiger partial charge is 0.493 e. The van der Waals surface area contributed by atoms with Crippen LogP contribution in [0.4, 0.5) is 18.9 Å². The van der Waals surface area contributed by atoms with Crippen LogP contribution in [-0.2, 0) is 0 Å². The number of rotatable bonds is 4. The maximum atomic E-state index is 13.4. The van der Waals surface area contributed by atoms with Crippen LogP contribution in [0.2, 0.25) is 0 Å². The number of non-ortho nitro benzene ring substituents is 1. The second-order valence-corrected chi connectivity index (χ2v) is 3.74. The lowest BCUT2D eigenvalue weighted by Crippen LogP contribution is -1.99. The van der Waals surface area contributed by atoms with E-state index in [9.17, 15) is 23.3 Å². The highest BCUT2D eigenvalue weighted by atomic mass is 19.2. The standard InChI is InChI=1S/C12H7F3N2O4/c1-20-10-4-6(17(18)19)2-3-9(10)21-12-8(14)5-7(13)11(15)16-12/h2-5H,1H3. The molecule has 110 valence electrons. The van der Waals surface area contributed by atoms with Gasteiger partial charge in [0.25, 0.3) is 17.5 Å². The summed E-state index contributed by atoms with van der Waals surface area (Å²) in [5.74, 6) is -5.27. The number of pyridine rings is 1. The van der Waals surface area contributed by atoms with Gasteiger partial charge in [0.2, 0.25) is 0 Å². The van der Waals surface area contributed by atoms with Gasteiger partial charge in [-0.05, 0) is 6.07 Å². The third-order valence-corrected chi connectivity index (χ3v) is 2.42. The highest BCUT2D eigenvalue weighted by molar-refractivity contribution is 5.49. The molecule has 21 heavy (non-hydrogen) atoms. The van der Waals surface area contributed by atoms with E-state index in [-0.39, 0.29) is 23.3 Å². The molecule has 6 nitrogen and oxygen atoms in total. The maximum absolute atomic E-state index is 13.4. The fraction of sp³-hybridized carbons (Fsp3) is 0.0833. The Morgan fingerprint density at radius 1 is 1.14 bits per heavy atom. The Hall–Kier alpha value is -2.84. The molecule has 0 saturated carbocycles. The third kappa shape index (κ3) is 3.02. The molecule has 0 aliphatic rings. The van der Waals surface area contributed by atoms with Gasteiger partial charge in [-0.1, -0.05) is 0 Å². The first-order valence-electron chi connectivity index (χ1n) is 5.44. The van der Waals surface area contributed by atoms with Crippen molar-refractivity contribution in [2.75, 3.05) is 7.11 Å². The van der Waals surface area contributed by atoms with Gasteiger partial charge in [-0.25, -0.2) is 8.78 Å². The molecule has 0 bridgehead atoms. The van der Waals surface area contributed by atoms with Gasteiger partial charge in [0.05, 0.1) is 18.1 Å². The number of methoxy groups -OCH3 is 1. The van der Waals surface area contributed by atoms with E-state index in [1.54, 1.807) is 0 Å². The van der Waals surface area contributed by atoms with Gasteiger partial charge >= 0.3 is 0 Å². The van der Waals surface area contributed by atoms with Gasteiger partial charge in [0, 0.05) is 12.1 Å². The molecule has 2 aromatic rings. The van der Waals surface area contributed by atoms with Gasteiger partial charge in [-0.3, -0.25) is 10.1 Å². The number of nitro benzene ring substituents is 1. The van der Waals surface area contributed by atoms with Gasteiger partial charge in [0.15, 0.2) is 23.1 Å². The van der Waals surface area contributed by atoms with Crippen LogP contribution >= 0.6 is 0 Å². The molecule has 0 radical (unpaired) electrons. The highest BCUT2D eigenvalue weighted by Crippen LogP contribution is 2.34. The first kappa shape index (κ1) is 14.6. The molecule has 0 saturated heterocycles. The van der Waals surface area contributed by atoms with Gasteiger partial charge in [0.1, 0.15) is 0 Å². The molecule has 0 N–H and O–H groups in total. The van der Waals surface area contributed by atoms with Crippen molar-refractivity contribution >= 4 is 5.69 Å². The molecular formula is C12H7F3N2O4. The minimum atomic E-state index is -1.53. The number of benzene rings is 1. The predicted octanol–water partition coefficient (Wildman–Crippen LogP) is 3.21. The Morgan fingerprint density at radius 2 is 1.86 bits per heavy atom. The molecule has 0 fully saturated rings.